The van der Waals surface area contributed by atoms with Gasteiger partial charge in [0.25, 0.3) is 0 Å². The second-order valence-corrected chi connectivity index (χ2v) is 11.3. The highest BCUT2D eigenvalue weighted by Crippen LogP contribution is 2.23. The second-order valence-electron chi connectivity index (χ2n) is 10.3. The standard InChI is InChI=1S/C29H43N5O5S/c1-21(2)39-29(37)25(13-15-40-4)32-27(35)19-33(17-22-8-5-6-10-26(22)38-3)18-24-9-7-14-34(24)28(36)12-11-23-16-30-20-31-23/h5-6,8,10,16,20-21,24-25H,7,9,11-15,17-19H2,1-4H3,(H,30,31)(H,32,35)/t24-,25-/m0/s1. The monoisotopic (exact) mass is 573 g/mol. The summed E-state index contributed by atoms with van der Waals surface area (Å²) in [5.74, 6) is 0.897. The number of H-pyrrole nitrogens is 1. The molecule has 0 aliphatic carbocycles. The molecule has 2 atom stereocenters. The van der Waals surface area contributed by atoms with E-state index in [0.29, 0.717) is 38.9 Å². The van der Waals surface area contributed by atoms with Crippen molar-refractivity contribution in [1.29, 1.82) is 0 Å². The minimum absolute atomic E-state index is 0.00466. The van der Waals surface area contributed by atoms with Crippen LogP contribution < -0.4 is 10.1 Å². The number of thioether (sulfide) groups is 1. The van der Waals surface area contributed by atoms with Gasteiger partial charge >= 0.3 is 5.97 Å². The Hall–Kier alpha value is -3.05. The number of esters is 1. The number of aromatic amines is 1. The maximum atomic E-state index is 13.3. The SMILES string of the molecule is COc1ccccc1CN(CC(=O)N[C@@H](CCSC)C(=O)OC(C)C)C[C@@H]1CCCN1C(=O)CCc1cnc[nH]1. The van der Waals surface area contributed by atoms with Crippen LogP contribution in [0.15, 0.2) is 36.8 Å². The Morgan fingerprint density at radius 3 is 2.77 bits per heavy atom. The minimum atomic E-state index is -0.706. The first-order chi connectivity index (χ1) is 19.3. The number of aryl methyl sites for hydroxylation is 1. The summed E-state index contributed by atoms with van der Waals surface area (Å²) in [7, 11) is 1.63. The van der Waals surface area contributed by atoms with E-state index in [1.807, 2.05) is 40.3 Å². The number of benzene rings is 1. The van der Waals surface area contributed by atoms with Gasteiger partial charge in [0.05, 0.1) is 26.1 Å². The molecule has 1 fully saturated rings. The molecule has 2 heterocycles. The van der Waals surface area contributed by atoms with Gasteiger partial charge in [-0.3, -0.25) is 14.5 Å². The zero-order valence-corrected chi connectivity index (χ0v) is 24.9. The molecule has 0 radical (unpaired) electrons. The Morgan fingerprint density at radius 2 is 2.08 bits per heavy atom. The number of nitrogens with zero attached hydrogens (tertiary/aromatic N) is 3. The summed E-state index contributed by atoms with van der Waals surface area (Å²) in [5.41, 5.74) is 1.89. The number of amides is 2. The smallest absolute Gasteiger partial charge is 0.328 e. The first-order valence-corrected chi connectivity index (χ1v) is 15.3. The topological polar surface area (TPSA) is 117 Å². The minimum Gasteiger partial charge on any atom is -0.496 e. The van der Waals surface area contributed by atoms with Gasteiger partial charge < -0.3 is 24.7 Å². The van der Waals surface area contributed by atoms with Gasteiger partial charge in [-0.15, -0.1) is 0 Å². The molecule has 1 aromatic carbocycles. The summed E-state index contributed by atoms with van der Waals surface area (Å²) in [6.45, 7) is 5.38. The summed E-state index contributed by atoms with van der Waals surface area (Å²) >= 11 is 1.61. The van der Waals surface area contributed by atoms with Crippen molar-refractivity contribution in [3.8, 4) is 5.75 Å². The number of aromatic nitrogens is 2. The molecule has 0 spiro atoms. The average molecular weight is 574 g/mol. The summed E-state index contributed by atoms with van der Waals surface area (Å²) in [4.78, 5) is 50.2. The number of ether oxygens (including phenoxy) is 2. The molecule has 1 aliphatic heterocycles. The van der Waals surface area contributed by atoms with Crippen molar-refractivity contribution >= 4 is 29.5 Å². The van der Waals surface area contributed by atoms with E-state index in [4.69, 9.17) is 9.47 Å². The fourth-order valence-electron chi connectivity index (χ4n) is 4.96. The normalized spacial score (nSPS) is 15.8. The highest BCUT2D eigenvalue weighted by molar-refractivity contribution is 7.98. The van der Waals surface area contributed by atoms with Crippen LogP contribution in [0.25, 0.3) is 0 Å². The van der Waals surface area contributed by atoms with Crippen LogP contribution >= 0.6 is 11.8 Å². The zero-order valence-electron chi connectivity index (χ0n) is 24.1. The van der Waals surface area contributed by atoms with Gasteiger partial charge in [0.15, 0.2) is 0 Å². The first-order valence-electron chi connectivity index (χ1n) is 13.9. The lowest BCUT2D eigenvalue weighted by molar-refractivity contribution is -0.151. The van der Waals surface area contributed by atoms with Gasteiger partial charge in [0.2, 0.25) is 11.8 Å². The first kappa shape index (κ1) is 31.5. The van der Waals surface area contributed by atoms with Gasteiger partial charge in [-0.2, -0.15) is 11.8 Å². The predicted molar refractivity (Wildman–Crippen MR) is 156 cm³/mol. The number of likely N-dealkylation sites (tertiary alicyclic amines) is 1. The number of carbonyl (C=O) groups excluding carboxylic acids is 3. The number of rotatable bonds is 16. The second kappa shape index (κ2) is 16.3. The largest absolute Gasteiger partial charge is 0.496 e. The molecule has 11 heteroatoms. The Kier molecular flexibility index (Phi) is 12.8. The van der Waals surface area contributed by atoms with E-state index >= 15 is 0 Å². The summed E-state index contributed by atoms with van der Waals surface area (Å²) in [6, 6.07) is 7.02. The van der Waals surface area contributed by atoms with E-state index < -0.39 is 12.0 Å². The molecule has 2 aromatic rings. The Morgan fingerprint density at radius 1 is 1.27 bits per heavy atom. The third-order valence-electron chi connectivity index (χ3n) is 6.87. The zero-order chi connectivity index (χ0) is 28.9. The summed E-state index contributed by atoms with van der Waals surface area (Å²) in [6.07, 6.45) is 8.36. The Balaban J connectivity index is 1.71. The van der Waals surface area contributed by atoms with E-state index in [9.17, 15) is 14.4 Å². The van der Waals surface area contributed by atoms with Crippen LogP contribution in [0.1, 0.15) is 50.8 Å². The lowest BCUT2D eigenvalue weighted by Crippen LogP contribution is -2.49. The number of hydrogen-bond acceptors (Lipinski definition) is 8. The predicted octanol–water partition coefficient (Wildman–Crippen LogP) is 3.03. The maximum Gasteiger partial charge on any atom is 0.328 e. The number of para-hydroxylation sites is 1. The molecule has 1 aliphatic rings. The molecule has 0 unspecified atom stereocenters. The average Bonchev–Trinajstić information content (AvgIpc) is 3.62. The molecule has 3 rings (SSSR count). The maximum absolute atomic E-state index is 13.3. The van der Waals surface area contributed by atoms with Crippen LogP contribution in [-0.4, -0.2) is 94.5 Å². The molecule has 0 bridgehead atoms. The summed E-state index contributed by atoms with van der Waals surface area (Å²) in [5, 5.41) is 2.91. The number of imidazole rings is 1. The Bertz CT molecular complexity index is 1080. The van der Waals surface area contributed by atoms with E-state index in [-0.39, 0.29) is 30.5 Å². The molecule has 220 valence electrons. The van der Waals surface area contributed by atoms with Gasteiger partial charge in [-0.25, -0.2) is 9.78 Å². The van der Waals surface area contributed by atoms with Crippen LogP contribution in [0.2, 0.25) is 0 Å². The van der Waals surface area contributed by atoms with Crippen molar-refractivity contribution in [2.75, 3.05) is 38.8 Å². The van der Waals surface area contributed by atoms with Gasteiger partial charge in [-0.1, -0.05) is 18.2 Å². The molecule has 2 amide bonds. The molecular weight excluding hydrogens is 530 g/mol. The Labute approximate surface area is 241 Å². The van der Waals surface area contributed by atoms with Crippen molar-refractivity contribution in [2.45, 2.75) is 70.7 Å². The molecule has 40 heavy (non-hydrogen) atoms. The molecule has 0 saturated carbocycles. The third kappa shape index (κ3) is 9.85. The number of carbonyl (C=O) groups is 3. The van der Waals surface area contributed by atoms with E-state index in [1.54, 1.807) is 45.2 Å². The molecular formula is C29H43N5O5S. The number of nitrogens with one attached hydrogen (secondary N) is 2. The number of hydrogen-bond donors (Lipinski definition) is 2. The molecule has 1 saturated heterocycles. The molecule has 2 N–H and O–H groups in total. The molecule has 1 aromatic heterocycles. The highest BCUT2D eigenvalue weighted by Gasteiger charge is 2.31. The summed E-state index contributed by atoms with van der Waals surface area (Å²) < 4.78 is 11.0. The lowest BCUT2D eigenvalue weighted by Gasteiger charge is -2.31. The van der Waals surface area contributed by atoms with Crippen molar-refractivity contribution in [3.05, 3.63) is 48.0 Å². The van der Waals surface area contributed by atoms with E-state index in [0.717, 1.165) is 35.6 Å². The van der Waals surface area contributed by atoms with Crippen molar-refractivity contribution in [2.24, 2.45) is 0 Å². The van der Waals surface area contributed by atoms with Crippen LogP contribution in [0.5, 0.6) is 5.75 Å². The third-order valence-corrected chi connectivity index (χ3v) is 7.51. The van der Waals surface area contributed by atoms with Crippen LogP contribution in [0.4, 0.5) is 0 Å². The van der Waals surface area contributed by atoms with Gasteiger partial charge in [-0.05, 0) is 57.6 Å². The van der Waals surface area contributed by atoms with Crippen molar-refractivity contribution in [3.63, 3.8) is 0 Å². The highest BCUT2D eigenvalue weighted by atomic mass is 32.2. The van der Waals surface area contributed by atoms with E-state index in [1.165, 1.54) is 0 Å². The van der Waals surface area contributed by atoms with Gasteiger partial charge in [0.1, 0.15) is 11.8 Å². The van der Waals surface area contributed by atoms with Crippen LogP contribution in [0, 0.1) is 0 Å². The van der Waals surface area contributed by atoms with Crippen LogP contribution in [0.3, 0.4) is 0 Å². The number of methoxy groups -OCH3 is 1. The van der Waals surface area contributed by atoms with Crippen molar-refractivity contribution < 1.29 is 23.9 Å². The van der Waals surface area contributed by atoms with E-state index in [2.05, 4.69) is 15.3 Å². The fourth-order valence-corrected chi connectivity index (χ4v) is 5.43. The quantitative estimate of drug-likeness (QED) is 0.295. The molecule has 10 nitrogen and oxygen atoms in total. The van der Waals surface area contributed by atoms with Crippen molar-refractivity contribution in [1.82, 2.24) is 25.1 Å². The lowest BCUT2D eigenvalue weighted by atomic mass is 10.1. The van der Waals surface area contributed by atoms with Crippen LogP contribution in [-0.2, 0) is 32.1 Å². The van der Waals surface area contributed by atoms with Gasteiger partial charge in [0, 0.05) is 49.6 Å². The fraction of sp³-hybridized carbons (Fsp3) is 0.586.